The van der Waals surface area contributed by atoms with E-state index >= 15 is 0 Å². The molecule has 2 atom stereocenters. The van der Waals surface area contributed by atoms with Crippen molar-refractivity contribution in [3.05, 3.63) is 0 Å². The lowest BCUT2D eigenvalue weighted by molar-refractivity contribution is 0.0677. The highest BCUT2D eigenvalue weighted by molar-refractivity contribution is 4.75. The molecule has 0 spiro atoms. The van der Waals surface area contributed by atoms with Gasteiger partial charge in [0.25, 0.3) is 0 Å². The molecule has 2 unspecified atom stereocenters. The molecule has 1 aliphatic carbocycles. The Morgan fingerprint density at radius 1 is 1.00 bits per heavy atom. The Morgan fingerprint density at radius 3 is 2.53 bits per heavy atom. The predicted molar refractivity (Wildman–Crippen MR) is 72.7 cm³/mol. The third kappa shape index (κ3) is 7.02. The van der Waals surface area contributed by atoms with E-state index in [1.54, 1.807) is 0 Å². The lowest BCUT2D eigenvalue weighted by atomic mass is 9.87. The zero-order chi connectivity index (χ0) is 12.3. The van der Waals surface area contributed by atoms with Crippen molar-refractivity contribution in [2.24, 2.45) is 5.92 Å². The predicted octanol–water partition coefficient (Wildman–Crippen LogP) is 2.60. The van der Waals surface area contributed by atoms with E-state index in [0.717, 1.165) is 19.5 Å². The van der Waals surface area contributed by atoms with E-state index in [2.05, 4.69) is 17.8 Å². The molecule has 3 heteroatoms. The third-order valence-electron chi connectivity index (χ3n) is 3.76. The van der Waals surface area contributed by atoms with Gasteiger partial charge in [-0.3, -0.25) is 10.9 Å². The molecule has 0 aromatic carbocycles. The fourth-order valence-electron chi connectivity index (χ4n) is 2.53. The zero-order valence-electron chi connectivity index (χ0n) is 11.4. The van der Waals surface area contributed by atoms with Crippen LogP contribution >= 0.6 is 0 Å². The number of nitrogens with one attached hydrogen (secondary N) is 2. The summed E-state index contributed by atoms with van der Waals surface area (Å²) in [7, 11) is 0. The Labute approximate surface area is 106 Å². The molecule has 3 N–H and O–H groups in total. The molecular formula is C14H30N2O. The summed E-state index contributed by atoms with van der Waals surface area (Å²) in [5.74, 6) is 0.455. The number of unbranched alkanes of at least 4 members (excludes halogenated alkanes) is 4. The summed E-state index contributed by atoms with van der Waals surface area (Å²) < 4.78 is 0. The summed E-state index contributed by atoms with van der Waals surface area (Å²) in [4.78, 5) is 0. The lowest BCUT2D eigenvalue weighted by Crippen LogP contribution is -2.40. The van der Waals surface area contributed by atoms with Crippen LogP contribution < -0.4 is 10.9 Å². The molecule has 1 aliphatic rings. The summed E-state index contributed by atoms with van der Waals surface area (Å²) in [6.07, 6.45) is 11.2. The number of hydrogen-bond acceptors (Lipinski definition) is 3. The van der Waals surface area contributed by atoms with Crippen LogP contribution in [-0.4, -0.2) is 24.3 Å². The van der Waals surface area contributed by atoms with Crippen LogP contribution in [0.15, 0.2) is 0 Å². The van der Waals surface area contributed by atoms with Gasteiger partial charge >= 0.3 is 0 Å². The molecule has 1 fully saturated rings. The van der Waals surface area contributed by atoms with Crippen molar-refractivity contribution >= 4 is 0 Å². The highest BCUT2D eigenvalue weighted by Gasteiger charge is 2.22. The highest BCUT2D eigenvalue weighted by atomic mass is 16.3. The molecule has 102 valence electrons. The molecule has 0 bridgehead atoms. The number of aliphatic hydroxyl groups excluding tert-OH is 1. The average Bonchev–Trinajstić information content (AvgIpc) is 2.35. The van der Waals surface area contributed by atoms with E-state index in [1.807, 2.05) is 0 Å². The van der Waals surface area contributed by atoms with E-state index in [1.165, 1.54) is 51.4 Å². The molecule has 0 heterocycles. The maximum atomic E-state index is 9.80. The van der Waals surface area contributed by atoms with Crippen molar-refractivity contribution in [2.75, 3.05) is 13.1 Å². The Bertz CT molecular complexity index is 176. The van der Waals surface area contributed by atoms with Crippen LogP contribution in [0.1, 0.15) is 64.7 Å². The maximum Gasteiger partial charge on any atom is 0.0581 e. The number of aliphatic hydroxyl groups is 1. The molecule has 1 rings (SSSR count). The molecule has 0 aromatic heterocycles. The lowest BCUT2D eigenvalue weighted by Gasteiger charge is -2.27. The van der Waals surface area contributed by atoms with E-state index in [0.29, 0.717) is 5.92 Å². The van der Waals surface area contributed by atoms with Gasteiger partial charge in [0.2, 0.25) is 0 Å². The first-order valence-corrected chi connectivity index (χ1v) is 7.48. The van der Waals surface area contributed by atoms with Crippen LogP contribution in [0.2, 0.25) is 0 Å². The van der Waals surface area contributed by atoms with E-state index in [4.69, 9.17) is 0 Å². The van der Waals surface area contributed by atoms with Gasteiger partial charge in [0.05, 0.1) is 6.10 Å². The van der Waals surface area contributed by atoms with Gasteiger partial charge in [0.1, 0.15) is 0 Å². The number of hydrazine groups is 1. The zero-order valence-corrected chi connectivity index (χ0v) is 11.4. The average molecular weight is 242 g/mol. The van der Waals surface area contributed by atoms with Crippen LogP contribution in [0, 0.1) is 5.92 Å². The third-order valence-corrected chi connectivity index (χ3v) is 3.76. The molecule has 1 saturated carbocycles. The van der Waals surface area contributed by atoms with E-state index in [9.17, 15) is 5.11 Å². The first kappa shape index (κ1) is 14.9. The van der Waals surface area contributed by atoms with Gasteiger partial charge < -0.3 is 5.11 Å². The summed E-state index contributed by atoms with van der Waals surface area (Å²) in [5.41, 5.74) is 6.54. The van der Waals surface area contributed by atoms with Gasteiger partial charge in [-0.05, 0) is 25.2 Å². The van der Waals surface area contributed by atoms with Crippen molar-refractivity contribution in [3.8, 4) is 0 Å². The van der Waals surface area contributed by atoms with Gasteiger partial charge in [-0.15, -0.1) is 0 Å². The van der Waals surface area contributed by atoms with Crippen molar-refractivity contribution < 1.29 is 5.11 Å². The van der Waals surface area contributed by atoms with E-state index < -0.39 is 0 Å². The second kappa shape index (κ2) is 9.86. The van der Waals surface area contributed by atoms with Crippen molar-refractivity contribution in [1.82, 2.24) is 10.9 Å². The summed E-state index contributed by atoms with van der Waals surface area (Å²) >= 11 is 0. The molecule has 0 saturated heterocycles. The molecule has 0 amide bonds. The minimum absolute atomic E-state index is 0.0809. The van der Waals surface area contributed by atoms with Crippen LogP contribution in [0.3, 0.4) is 0 Å². The fraction of sp³-hybridized carbons (Fsp3) is 1.00. The van der Waals surface area contributed by atoms with Gasteiger partial charge in [0.15, 0.2) is 0 Å². The maximum absolute atomic E-state index is 9.80. The second-order valence-corrected chi connectivity index (χ2v) is 5.33. The van der Waals surface area contributed by atoms with Crippen LogP contribution in [0.25, 0.3) is 0 Å². The van der Waals surface area contributed by atoms with Gasteiger partial charge in [0, 0.05) is 13.1 Å². The topological polar surface area (TPSA) is 44.3 Å². The summed E-state index contributed by atoms with van der Waals surface area (Å²) in [6, 6.07) is 0. The van der Waals surface area contributed by atoms with Gasteiger partial charge in [-0.25, -0.2) is 0 Å². The molecule has 0 aliphatic heterocycles. The van der Waals surface area contributed by atoms with Gasteiger partial charge in [-0.1, -0.05) is 45.4 Å². The summed E-state index contributed by atoms with van der Waals surface area (Å²) in [5, 5.41) is 9.80. The van der Waals surface area contributed by atoms with Gasteiger partial charge in [-0.2, -0.15) is 0 Å². The fourth-order valence-corrected chi connectivity index (χ4v) is 2.53. The Balaban J connectivity index is 1.86. The quantitative estimate of drug-likeness (QED) is 0.430. The minimum atomic E-state index is -0.0809. The summed E-state index contributed by atoms with van der Waals surface area (Å²) in [6.45, 7) is 4.21. The first-order chi connectivity index (χ1) is 8.34. The Morgan fingerprint density at radius 2 is 1.76 bits per heavy atom. The van der Waals surface area contributed by atoms with Crippen LogP contribution in [0.4, 0.5) is 0 Å². The standard InChI is InChI=1S/C14H30N2O/c1-2-3-4-5-8-11-15-16-12-13-9-6-7-10-14(13)17/h13-17H,2-12H2,1H3. The highest BCUT2D eigenvalue weighted by Crippen LogP contribution is 2.23. The largest absolute Gasteiger partial charge is 0.393 e. The van der Waals surface area contributed by atoms with Crippen molar-refractivity contribution in [3.63, 3.8) is 0 Å². The normalized spacial score (nSPS) is 25.1. The Hall–Kier alpha value is -0.120. The van der Waals surface area contributed by atoms with E-state index in [-0.39, 0.29) is 6.10 Å². The smallest absolute Gasteiger partial charge is 0.0581 e. The van der Waals surface area contributed by atoms with Crippen LogP contribution in [-0.2, 0) is 0 Å². The molecule has 0 radical (unpaired) electrons. The number of rotatable bonds is 9. The molecular weight excluding hydrogens is 212 g/mol. The van der Waals surface area contributed by atoms with Crippen molar-refractivity contribution in [2.45, 2.75) is 70.8 Å². The number of hydrogen-bond donors (Lipinski definition) is 3. The molecule has 17 heavy (non-hydrogen) atoms. The molecule has 3 nitrogen and oxygen atoms in total. The minimum Gasteiger partial charge on any atom is -0.393 e. The SMILES string of the molecule is CCCCCCCNNCC1CCCCC1O. The van der Waals surface area contributed by atoms with Crippen LogP contribution in [0.5, 0.6) is 0 Å². The molecule has 0 aromatic rings. The first-order valence-electron chi connectivity index (χ1n) is 7.48. The Kier molecular flexibility index (Phi) is 8.67. The second-order valence-electron chi connectivity index (χ2n) is 5.33. The van der Waals surface area contributed by atoms with Crippen molar-refractivity contribution in [1.29, 1.82) is 0 Å². The monoisotopic (exact) mass is 242 g/mol.